The number of imide groups is 2. The molecule has 11 heteroatoms. The number of non-ortho nitro benzene ring substituents is 1. The van der Waals surface area contributed by atoms with Gasteiger partial charge in [0.25, 0.3) is 17.5 Å². The number of halogens is 2. The molecular formula is C25H17Cl2N3O6. The van der Waals surface area contributed by atoms with Gasteiger partial charge in [-0.1, -0.05) is 53.0 Å². The highest BCUT2D eigenvalue weighted by atomic mass is 35.5. The smallest absolute Gasteiger partial charge is 0.335 e. The van der Waals surface area contributed by atoms with E-state index in [1.807, 2.05) is 31.2 Å². The van der Waals surface area contributed by atoms with Crippen LogP contribution in [0.1, 0.15) is 16.7 Å². The van der Waals surface area contributed by atoms with E-state index in [1.54, 1.807) is 0 Å². The fraction of sp³-hybridized carbons (Fsp3) is 0.0800. The van der Waals surface area contributed by atoms with Gasteiger partial charge in [0.2, 0.25) is 0 Å². The number of hydrogen-bond acceptors (Lipinski definition) is 6. The highest BCUT2D eigenvalue weighted by Crippen LogP contribution is 2.36. The van der Waals surface area contributed by atoms with Crippen LogP contribution in [-0.2, 0) is 16.2 Å². The SMILES string of the molecule is Cc1ccc(COc2c(Cl)cc(/C=C3\C(=O)NC(=O)N(c4ccc([N+](=O)[O-])cc4)C3=O)cc2Cl)cc1. The lowest BCUT2D eigenvalue weighted by atomic mass is 10.1. The topological polar surface area (TPSA) is 119 Å². The molecule has 0 unspecified atom stereocenters. The van der Waals surface area contributed by atoms with Crippen molar-refractivity contribution in [1.82, 2.24) is 5.32 Å². The van der Waals surface area contributed by atoms with E-state index in [2.05, 4.69) is 5.32 Å². The zero-order valence-corrected chi connectivity index (χ0v) is 20.2. The first-order valence-electron chi connectivity index (χ1n) is 10.5. The highest BCUT2D eigenvalue weighted by molar-refractivity contribution is 6.40. The maximum atomic E-state index is 13.0. The van der Waals surface area contributed by atoms with Crippen molar-refractivity contribution in [2.75, 3.05) is 4.90 Å². The van der Waals surface area contributed by atoms with Crippen molar-refractivity contribution < 1.29 is 24.0 Å². The number of benzene rings is 3. The number of urea groups is 1. The maximum Gasteiger partial charge on any atom is 0.335 e. The molecule has 0 radical (unpaired) electrons. The van der Waals surface area contributed by atoms with Crippen LogP contribution in [-0.4, -0.2) is 22.8 Å². The molecular weight excluding hydrogens is 509 g/mol. The number of anilines is 1. The van der Waals surface area contributed by atoms with Gasteiger partial charge in [-0.25, -0.2) is 9.69 Å². The molecule has 4 amide bonds. The number of carbonyl (C=O) groups is 3. The molecule has 1 aliphatic rings. The van der Waals surface area contributed by atoms with Crippen molar-refractivity contribution in [3.05, 3.63) is 103 Å². The van der Waals surface area contributed by atoms with E-state index in [0.29, 0.717) is 10.5 Å². The van der Waals surface area contributed by atoms with E-state index in [1.165, 1.54) is 30.3 Å². The second-order valence-corrected chi connectivity index (χ2v) is 8.63. The average Bonchev–Trinajstić information content (AvgIpc) is 2.82. The van der Waals surface area contributed by atoms with Crippen LogP contribution in [0.3, 0.4) is 0 Å². The predicted molar refractivity (Wildman–Crippen MR) is 134 cm³/mol. The third kappa shape index (κ3) is 5.22. The lowest BCUT2D eigenvalue weighted by Crippen LogP contribution is -2.54. The van der Waals surface area contributed by atoms with Crippen LogP contribution in [0.4, 0.5) is 16.2 Å². The summed E-state index contributed by atoms with van der Waals surface area (Å²) in [7, 11) is 0. The number of nitrogens with zero attached hydrogens (tertiary/aromatic N) is 2. The van der Waals surface area contributed by atoms with Crippen molar-refractivity contribution in [2.24, 2.45) is 0 Å². The molecule has 0 aromatic heterocycles. The Bertz CT molecular complexity index is 1400. The zero-order chi connectivity index (χ0) is 26.0. The molecule has 1 heterocycles. The van der Waals surface area contributed by atoms with Crippen molar-refractivity contribution in [1.29, 1.82) is 0 Å². The summed E-state index contributed by atoms with van der Waals surface area (Å²) in [5.74, 6) is -1.58. The van der Waals surface area contributed by atoms with E-state index in [-0.39, 0.29) is 39.3 Å². The number of ether oxygens (including phenoxy) is 1. The van der Waals surface area contributed by atoms with Gasteiger partial charge in [0.1, 0.15) is 12.2 Å². The van der Waals surface area contributed by atoms with Gasteiger partial charge >= 0.3 is 6.03 Å². The zero-order valence-electron chi connectivity index (χ0n) is 18.7. The number of carbonyl (C=O) groups excluding carboxylic acids is 3. The number of nitrogens with one attached hydrogen (secondary N) is 1. The van der Waals surface area contributed by atoms with E-state index in [9.17, 15) is 24.5 Å². The second kappa shape index (κ2) is 10.2. The number of amides is 4. The van der Waals surface area contributed by atoms with E-state index >= 15 is 0 Å². The molecule has 1 saturated heterocycles. The summed E-state index contributed by atoms with van der Waals surface area (Å²) in [4.78, 5) is 48.8. The molecule has 36 heavy (non-hydrogen) atoms. The molecule has 3 aromatic rings. The van der Waals surface area contributed by atoms with Gasteiger partial charge in [0.15, 0.2) is 5.75 Å². The minimum Gasteiger partial charge on any atom is -0.486 e. The molecule has 0 atom stereocenters. The van der Waals surface area contributed by atoms with Crippen LogP contribution in [0, 0.1) is 17.0 Å². The minimum atomic E-state index is -0.980. The van der Waals surface area contributed by atoms with Crippen molar-refractivity contribution >= 4 is 58.5 Å². The first-order chi connectivity index (χ1) is 17.1. The largest absolute Gasteiger partial charge is 0.486 e. The Morgan fingerprint density at radius 2 is 1.61 bits per heavy atom. The summed E-state index contributed by atoms with van der Waals surface area (Å²) in [6.45, 7) is 2.21. The molecule has 3 aromatic carbocycles. The van der Waals surface area contributed by atoms with E-state index in [4.69, 9.17) is 27.9 Å². The number of rotatable bonds is 6. The predicted octanol–water partition coefficient (Wildman–Crippen LogP) is 5.46. The minimum absolute atomic E-state index is 0.0532. The fourth-order valence-electron chi connectivity index (χ4n) is 3.42. The maximum absolute atomic E-state index is 13.0. The van der Waals surface area contributed by atoms with Gasteiger partial charge in [-0.05, 0) is 48.4 Å². The van der Waals surface area contributed by atoms with Crippen molar-refractivity contribution in [3.63, 3.8) is 0 Å². The second-order valence-electron chi connectivity index (χ2n) is 7.82. The normalized spacial score (nSPS) is 14.7. The average molecular weight is 526 g/mol. The van der Waals surface area contributed by atoms with E-state index < -0.39 is 22.8 Å². The molecule has 1 fully saturated rings. The summed E-state index contributed by atoms with van der Waals surface area (Å²) in [6, 6.07) is 14.5. The third-order valence-electron chi connectivity index (χ3n) is 5.26. The van der Waals surface area contributed by atoms with Crippen LogP contribution < -0.4 is 15.0 Å². The van der Waals surface area contributed by atoms with Crippen LogP contribution in [0.25, 0.3) is 6.08 Å². The first-order valence-corrected chi connectivity index (χ1v) is 11.2. The number of nitro groups is 1. The van der Waals surface area contributed by atoms with Gasteiger partial charge in [-0.3, -0.25) is 25.0 Å². The van der Waals surface area contributed by atoms with Crippen LogP contribution in [0.5, 0.6) is 5.75 Å². The molecule has 182 valence electrons. The van der Waals surface area contributed by atoms with E-state index in [0.717, 1.165) is 23.3 Å². The van der Waals surface area contributed by atoms with Gasteiger partial charge in [-0.2, -0.15) is 0 Å². The van der Waals surface area contributed by atoms with Crippen molar-refractivity contribution in [3.8, 4) is 5.75 Å². The Kier molecular flexibility index (Phi) is 7.05. The molecule has 0 saturated carbocycles. The number of hydrogen-bond donors (Lipinski definition) is 1. The molecule has 1 N–H and O–H groups in total. The number of nitro benzene ring substituents is 1. The highest BCUT2D eigenvalue weighted by Gasteiger charge is 2.37. The standard InChI is InChI=1S/C25H17Cl2N3O6/c1-14-2-4-15(5-3-14)13-36-22-20(26)11-16(12-21(22)27)10-19-23(31)28-25(33)29(24(19)32)17-6-8-18(9-7-17)30(34)35/h2-12H,13H2,1H3,(H,28,31,33)/b19-10+. The van der Waals surface area contributed by atoms with Gasteiger partial charge in [0, 0.05) is 12.1 Å². The summed E-state index contributed by atoms with van der Waals surface area (Å²) in [5.41, 5.74) is 1.83. The first kappa shape index (κ1) is 24.9. The fourth-order valence-corrected chi connectivity index (χ4v) is 4.04. The molecule has 0 bridgehead atoms. The molecule has 0 spiro atoms. The lowest BCUT2D eigenvalue weighted by Gasteiger charge is -2.26. The summed E-state index contributed by atoms with van der Waals surface area (Å²) < 4.78 is 5.76. The summed E-state index contributed by atoms with van der Waals surface area (Å²) in [6.07, 6.45) is 1.24. The van der Waals surface area contributed by atoms with Crippen molar-refractivity contribution in [2.45, 2.75) is 13.5 Å². The Morgan fingerprint density at radius 3 is 2.19 bits per heavy atom. The van der Waals surface area contributed by atoms with Gasteiger partial charge in [-0.15, -0.1) is 0 Å². The Labute approximate surface area is 215 Å². The van der Waals surface area contributed by atoms with Gasteiger partial charge < -0.3 is 4.74 Å². The Morgan fingerprint density at radius 1 is 1.00 bits per heavy atom. The Hall–Kier alpha value is -4.21. The number of aryl methyl sites for hydroxylation is 1. The van der Waals surface area contributed by atoms with Crippen LogP contribution in [0.2, 0.25) is 10.0 Å². The summed E-state index contributed by atoms with van der Waals surface area (Å²) in [5, 5.41) is 13.3. The third-order valence-corrected chi connectivity index (χ3v) is 5.82. The van der Waals surface area contributed by atoms with Gasteiger partial charge in [0.05, 0.1) is 20.7 Å². The summed E-state index contributed by atoms with van der Waals surface area (Å²) >= 11 is 12.7. The number of barbiturate groups is 1. The van der Waals surface area contributed by atoms with Crippen LogP contribution >= 0.6 is 23.2 Å². The molecule has 1 aliphatic heterocycles. The molecule has 0 aliphatic carbocycles. The quantitative estimate of drug-likeness (QED) is 0.197. The Balaban J connectivity index is 1.59. The molecule has 4 rings (SSSR count). The monoisotopic (exact) mass is 525 g/mol. The lowest BCUT2D eigenvalue weighted by molar-refractivity contribution is -0.384. The molecule has 9 nitrogen and oxygen atoms in total. The van der Waals surface area contributed by atoms with Crippen LogP contribution in [0.15, 0.2) is 66.2 Å².